The van der Waals surface area contributed by atoms with Crippen LogP contribution in [0.4, 0.5) is 0 Å². The maximum atomic E-state index is 11.2. The average Bonchev–Trinajstić information content (AvgIpc) is 2.38. The summed E-state index contributed by atoms with van der Waals surface area (Å²) in [4.78, 5) is 22.1. The molecule has 7 heteroatoms. The molecule has 0 bridgehead atoms. The predicted molar refractivity (Wildman–Crippen MR) is 69.7 cm³/mol. The summed E-state index contributed by atoms with van der Waals surface area (Å²) >= 11 is 0. The third-order valence-corrected chi connectivity index (χ3v) is 3.46. The Balaban J connectivity index is 2.87. The third-order valence-electron chi connectivity index (χ3n) is 3.46. The lowest BCUT2D eigenvalue weighted by Crippen LogP contribution is -2.61. The molecule has 0 aromatic heterocycles. The fourth-order valence-electron chi connectivity index (χ4n) is 2.50. The number of rotatable bonds is 5. The van der Waals surface area contributed by atoms with Gasteiger partial charge in [0.25, 0.3) is 0 Å². The molecule has 1 aliphatic heterocycles. The van der Waals surface area contributed by atoms with Crippen molar-refractivity contribution >= 4 is 11.9 Å². The third kappa shape index (κ3) is 4.16. The van der Waals surface area contributed by atoms with E-state index in [0.29, 0.717) is 6.42 Å². The summed E-state index contributed by atoms with van der Waals surface area (Å²) in [5.41, 5.74) is 6.00. The van der Waals surface area contributed by atoms with Crippen LogP contribution in [0.15, 0.2) is 0 Å². The van der Waals surface area contributed by atoms with Gasteiger partial charge in [0, 0.05) is 19.8 Å². The number of ether oxygens (including phenoxy) is 3. The van der Waals surface area contributed by atoms with Crippen LogP contribution in [-0.2, 0) is 23.8 Å². The SMILES string of the molecule is CC[C@@H]1C(COC(C)=O)O[C@@H](CO)C(N)C1OC(C)=O. The molecule has 3 unspecified atom stereocenters. The van der Waals surface area contributed by atoms with Gasteiger partial charge in [0.15, 0.2) is 0 Å². The highest BCUT2D eigenvalue weighted by atomic mass is 16.6. The second-order valence-corrected chi connectivity index (χ2v) is 4.92. The van der Waals surface area contributed by atoms with E-state index >= 15 is 0 Å². The van der Waals surface area contributed by atoms with Gasteiger partial charge in [-0.3, -0.25) is 9.59 Å². The van der Waals surface area contributed by atoms with Crippen LogP contribution >= 0.6 is 0 Å². The van der Waals surface area contributed by atoms with Crippen LogP contribution in [0.3, 0.4) is 0 Å². The number of esters is 2. The smallest absolute Gasteiger partial charge is 0.302 e. The maximum Gasteiger partial charge on any atom is 0.302 e. The highest BCUT2D eigenvalue weighted by Crippen LogP contribution is 2.30. The van der Waals surface area contributed by atoms with E-state index in [0.717, 1.165) is 0 Å². The molecule has 0 aromatic carbocycles. The number of nitrogens with two attached hydrogens (primary N) is 1. The van der Waals surface area contributed by atoms with Crippen LogP contribution in [0.1, 0.15) is 27.2 Å². The molecule has 7 nitrogen and oxygen atoms in total. The van der Waals surface area contributed by atoms with E-state index in [1.165, 1.54) is 13.8 Å². The first kappa shape index (κ1) is 16.9. The quantitative estimate of drug-likeness (QED) is 0.662. The lowest BCUT2D eigenvalue weighted by atomic mass is 9.84. The van der Waals surface area contributed by atoms with Gasteiger partial charge in [-0.25, -0.2) is 0 Å². The zero-order valence-corrected chi connectivity index (χ0v) is 12.1. The van der Waals surface area contributed by atoms with E-state index in [-0.39, 0.29) is 19.1 Å². The molecule has 1 saturated heterocycles. The Morgan fingerprint density at radius 3 is 2.35 bits per heavy atom. The van der Waals surface area contributed by atoms with Gasteiger partial charge >= 0.3 is 11.9 Å². The lowest BCUT2D eigenvalue weighted by molar-refractivity contribution is -0.197. The van der Waals surface area contributed by atoms with Gasteiger partial charge in [0.05, 0.1) is 24.9 Å². The van der Waals surface area contributed by atoms with Gasteiger partial charge in [-0.2, -0.15) is 0 Å². The molecule has 0 radical (unpaired) electrons. The molecule has 0 spiro atoms. The molecular weight excluding hydrogens is 266 g/mol. The molecule has 0 aromatic rings. The molecule has 0 amide bonds. The normalized spacial score (nSPS) is 33.5. The first-order valence-corrected chi connectivity index (χ1v) is 6.73. The molecule has 5 atom stereocenters. The molecule has 3 N–H and O–H groups in total. The van der Waals surface area contributed by atoms with Crippen LogP contribution in [0.2, 0.25) is 0 Å². The molecule has 116 valence electrons. The molecule has 1 heterocycles. The van der Waals surface area contributed by atoms with E-state index in [9.17, 15) is 14.7 Å². The van der Waals surface area contributed by atoms with Crippen molar-refractivity contribution in [2.45, 2.75) is 51.5 Å². The minimum absolute atomic E-state index is 0.0504. The zero-order valence-electron chi connectivity index (χ0n) is 12.1. The lowest BCUT2D eigenvalue weighted by Gasteiger charge is -2.44. The summed E-state index contributed by atoms with van der Waals surface area (Å²) in [5, 5.41) is 9.31. The van der Waals surface area contributed by atoms with Crippen molar-refractivity contribution in [1.29, 1.82) is 0 Å². The molecule has 20 heavy (non-hydrogen) atoms. The summed E-state index contributed by atoms with van der Waals surface area (Å²) in [6.07, 6.45) is -1.02. The van der Waals surface area contributed by atoms with Gasteiger partial charge < -0.3 is 25.1 Å². The number of hydrogen-bond donors (Lipinski definition) is 2. The van der Waals surface area contributed by atoms with E-state index in [1.54, 1.807) is 0 Å². The minimum atomic E-state index is -0.650. The fourth-order valence-corrected chi connectivity index (χ4v) is 2.50. The molecular formula is C13H23NO6. The van der Waals surface area contributed by atoms with E-state index < -0.39 is 36.3 Å². The fraction of sp³-hybridized carbons (Fsp3) is 0.846. The molecule has 1 aliphatic rings. The van der Waals surface area contributed by atoms with Gasteiger partial charge in [-0.1, -0.05) is 6.92 Å². The van der Waals surface area contributed by atoms with Crippen molar-refractivity contribution in [3.8, 4) is 0 Å². The summed E-state index contributed by atoms with van der Waals surface area (Å²) in [6.45, 7) is 4.30. The Kier molecular flexibility index (Phi) is 6.38. The van der Waals surface area contributed by atoms with Crippen LogP contribution in [0.5, 0.6) is 0 Å². The number of hydrogen-bond acceptors (Lipinski definition) is 7. The van der Waals surface area contributed by atoms with Crippen LogP contribution in [-0.4, -0.2) is 54.6 Å². The Bertz CT molecular complexity index is 348. The second-order valence-electron chi connectivity index (χ2n) is 4.92. The summed E-state index contributed by atoms with van der Waals surface area (Å²) in [7, 11) is 0. The van der Waals surface area contributed by atoms with Crippen molar-refractivity contribution in [3.05, 3.63) is 0 Å². The Hall–Kier alpha value is -1.18. The summed E-state index contributed by atoms with van der Waals surface area (Å²) < 4.78 is 15.9. The molecule has 1 rings (SSSR count). The Labute approximate surface area is 118 Å². The Morgan fingerprint density at radius 2 is 1.90 bits per heavy atom. The maximum absolute atomic E-state index is 11.2. The van der Waals surface area contributed by atoms with Crippen molar-refractivity contribution in [2.24, 2.45) is 11.7 Å². The molecule has 0 saturated carbocycles. The largest absolute Gasteiger partial charge is 0.463 e. The van der Waals surface area contributed by atoms with Crippen LogP contribution < -0.4 is 5.73 Å². The molecule has 0 aliphatic carbocycles. The first-order valence-electron chi connectivity index (χ1n) is 6.73. The Morgan fingerprint density at radius 1 is 1.25 bits per heavy atom. The average molecular weight is 289 g/mol. The summed E-state index contributed by atoms with van der Waals surface area (Å²) in [5.74, 6) is -1.03. The first-order chi connectivity index (χ1) is 9.40. The van der Waals surface area contributed by atoms with E-state index in [2.05, 4.69) is 0 Å². The summed E-state index contributed by atoms with van der Waals surface area (Å²) in [6, 6.07) is -0.609. The van der Waals surface area contributed by atoms with Gasteiger partial charge in [-0.05, 0) is 6.42 Å². The predicted octanol–water partition coefficient (Wildman–Crippen LogP) is -0.406. The standard InChI is InChI=1S/C13H23NO6/c1-4-9-11(6-18-7(2)16)20-10(5-15)12(14)13(9)19-8(3)17/h9-13,15H,4-6,14H2,1-3H3/t9-,10+,11?,12?,13?/m1/s1. The van der Waals surface area contributed by atoms with E-state index in [1.807, 2.05) is 6.92 Å². The zero-order chi connectivity index (χ0) is 15.3. The van der Waals surface area contributed by atoms with Crippen molar-refractivity contribution in [2.75, 3.05) is 13.2 Å². The van der Waals surface area contributed by atoms with Crippen molar-refractivity contribution < 1.29 is 28.9 Å². The molecule has 1 fully saturated rings. The number of aliphatic hydroxyl groups excluding tert-OH is 1. The highest BCUT2D eigenvalue weighted by molar-refractivity contribution is 5.66. The number of carbonyl (C=O) groups excluding carboxylic acids is 2. The number of aliphatic hydroxyl groups is 1. The second kappa shape index (κ2) is 7.56. The van der Waals surface area contributed by atoms with Gasteiger partial charge in [0.2, 0.25) is 0 Å². The highest BCUT2D eigenvalue weighted by Gasteiger charge is 2.45. The van der Waals surface area contributed by atoms with Crippen LogP contribution in [0.25, 0.3) is 0 Å². The van der Waals surface area contributed by atoms with Crippen molar-refractivity contribution in [1.82, 2.24) is 0 Å². The van der Waals surface area contributed by atoms with Gasteiger partial charge in [-0.15, -0.1) is 0 Å². The minimum Gasteiger partial charge on any atom is -0.463 e. The van der Waals surface area contributed by atoms with E-state index in [4.69, 9.17) is 19.9 Å². The topological polar surface area (TPSA) is 108 Å². The van der Waals surface area contributed by atoms with Crippen molar-refractivity contribution in [3.63, 3.8) is 0 Å². The number of carbonyl (C=O) groups is 2. The van der Waals surface area contributed by atoms with Crippen LogP contribution in [0, 0.1) is 5.92 Å². The monoisotopic (exact) mass is 289 g/mol. The van der Waals surface area contributed by atoms with Gasteiger partial charge in [0.1, 0.15) is 12.7 Å².